The molecule has 1 fully saturated rings. The minimum absolute atomic E-state index is 0.184. The lowest BCUT2D eigenvalue weighted by Crippen LogP contribution is -2.26. The average molecular weight is 287 g/mol. The smallest absolute Gasteiger partial charge is 0.160 e. The Morgan fingerprint density at radius 2 is 2.19 bits per heavy atom. The molecule has 1 saturated carbocycles. The second-order valence-corrected chi connectivity index (χ2v) is 4.89. The molecule has 1 aromatic rings. The zero-order valence-electron chi connectivity index (χ0n) is 9.34. The minimum atomic E-state index is -0.184. The van der Waals surface area contributed by atoms with E-state index in [1.165, 1.54) is 12.8 Å². The van der Waals surface area contributed by atoms with Gasteiger partial charge in [0.15, 0.2) is 5.82 Å². The Morgan fingerprint density at radius 3 is 2.69 bits per heavy atom. The van der Waals surface area contributed by atoms with E-state index in [-0.39, 0.29) is 5.82 Å². The molecule has 0 aromatic heterocycles. The molecule has 0 heterocycles. The van der Waals surface area contributed by atoms with Gasteiger partial charge in [-0.1, -0.05) is 6.07 Å². The van der Waals surface area contributed by atoms with Crippen LogP contribution < -0.4 is 10.6 Å². The number of hydrogen-bond donors (Lipinski definition) is 1. The zero-order valence-corrected chi connectivity index (χ0v) is 10.9. The van der Waals surface area contributed by atoms with Crippen LogP contribution in [0.15, 0.2) is 16.6 Å². The Labute approximate surface area is 104 Å². The predicted molar refractivity (Wildman–Crippen MR) is 68.0 cm³/mol. The van der Waals surface area contributed by atoms with Crippen LogP contribution in [0.3, 0.4) is 0 Å². The van der Waals surface area contributed by atoms with E-state index in [4.69, 9.17) is 5.73 Å². The van der Waals surface area contributed by atoms with E-state index in [2.05, 4.69) is 27.8 Å². The summed E-state index contributed by atoms with van der Waals surface area (Å²) in [5.74, 6) is -0.184. The van der Waals surface area contributed by atoms with Gasteiger partial charge in [0, 0.05) is 19.1 Å². The largest absolute Gasteiger partial charge is 0.366 e. The van der Waals surface area contributed by atoms with Gasteiger partial charge in [0.25, 0.3) is 0 Å². The molecule has 88 valence electrons. The fourth-order valence-electron chi connectivity index (χ4n) is 1.97. The van der Waals surface area contributed by atoms with Crippen molar-refractivity contribution in [1.82, 2.24) is 0 Å². The first-order valence-corrected chi connectivity index (χ1v) is 6.42. The second kappa shape index (κ2) is 4.72. The molecule has 0 aliphatic heterocycles. The normalized spacial score (nSPS) is 15.2. The fourth-order valence-corrected chi connectivity index (χ4v) is 2.47. The van der Waals surface area contributed by atoms with Gasteiger partial charge in [0.1, 0.15) is 0 Å². The van der Waals surface area contributed by atoms with Crippen LogP contribution in [-0.4, -0.2) is 12.6 Å². The molecule has 0 amide bonds. The highest BCUT2D eigenvalue weighted by atomic mass is 79.9. The Morgan fingerprint density at radius 1 is 1.50 bits per heavy atom. The highest BCUT2D eigenvalue weighted by Gasteiger charge is 2.30. The standard InChI is InChI=1S/C12H16BrFN2/c1-2-16(9-4-5-9)10-6-3-8(7-15)11(13)12(10)14/h3,6,9H,2,4-5,7,15H2,1H3. The first-order valence-electron chi connectivity index (χ1n) is 5.62. The molecule has 1 aliphatic carbocycles. The Hall–Kier alpha value is -0.610. The number of halogens is 2. The molecule has 2 nitrogen and oxygen atoms in total. The lowest BCUT2D eigenvalue weighted by Gasteiger charge is -2.24. The van der Waals surface area contributed by atoms with Crippen molar-refractivity contribution in [3.63, 3.8) is 0 Å². The molecule has 1 aliphatic rings. The van der Waals surface area contributed by atoms with E-state index in [1.54, 1.807) is 0 Å². The number of hydrogen-bond acceptors (Lipinski definition) is 2. The third-order valence-corrected chi connectivity index (χ3v) is 3.86. The molecule has 1 aromatic carbocycles. The lowest BCUT2D eigenvalue weighted by atomic mass is 10.2. The van der Waals surface area contributed by atoms with Gasteiger partial charge in [-0.05, 0) is 47.3 Å². The van der Waals surface area contributed by atoms with Crippen LogP contribution in [0.4, 0.5) is 10.1 Å². The maximum atomic E-state index is 14.1. The number of anilines is 1. The highest BCUT2D eigenvalue weighted by molar-refractivity contribution is 9.10. The van der Waals surface area contributed by atoms with Gasteiger partial charge >= 0.3 is 0 Å². The average Bonchev–Trinajstić information content (AvgIpc) is 3.10. The molecule has 16 heavy (non-hydrogen) atoms. The van der Waals surface area contributed by atoms with Gasteiger partial charge in [-0.15, -0.1) is 0 Å². The third-order valence-electron chi connectivity index (χ3n) is 3.00. The summed E-state index contributed by atoms with van der Waals surface area (Å²) >= 11 is 3.28. The van der Waals surface area contributed by atoms with Crippen molar-refractivity contribution < 1.29 is 4.39 Å². The summed E-state index contributed by atoms with van der Waals surface area (Å²) in [5.41, 5.74) is 7.04. The maximum absolute atomic E-state index is 14.1. The monoisotopic (exact) mass is 286 g/mol. The maximum Gasteiger partial charge on any atom is 0.160 e. The van der Waals surface area contributed by atoms with Crippen molar-refractivity contribution >= 4 is 21.6 Å². The van der Waals surface area contributed by atoms with Crippen LogP contribution in [0.25, 0.3) is 0 Å². The molecular formula is C12H16BrFN2. The summed E-state index contributed by atoms with van der Waals surface area (Å²) in [6.45, 7) is 3.26. The first kappa shape index (κ1) is 11.9. The SMILES string of the molecule is CCN(c1ccc(CN)c(Br)c1F)C1CC1. The van der Waals surface area contributed by atoms with Crippen molar-refractivity contribution in [1.29, 1.82) is 0 Å². The van der Waals surface area contributed by atoms with E-state index in [9.17, 15) is 4.39 Å². The fraction of sp³-hybridized carbons (Fsp3) is 0.500. The second-order valence-electron chi connectivity index (χ2n) is 4.09. The summed E-state index contributed by atoms with van der Waals surface area (Å²) < 4.78 is 14.6. The van der Waals surface area contributed by atoms with E-state index in [0.29, 0.717) is 22.7 Å². The quantitative estimate of drug-likeness (QED) is 0.922. The summed E-state index contributed by atoms with van der Waals surface area (Å²) in [5, 5.41) is 0. The third kappa shape index (κ3) is 2.09. The molecule has 0 unspecified atom stereocenters. The summed E-state index contributed by atoms with van der Waals surface area (Å²) in [6.07, 6.45) is 2.34. The Bertz CT molecular complexity index is 391. The van der Waals surface area contributed by atoms with E-state index in [1.807, 2.05) is 12.1 Å². The lowest BCUT2D eigenvalue weighted by molar-refractivity contribution is 0.608. The van der Waals surface area contributed by atoms with Gasteiger partial charge in [0.05, 0.1) is 10.2 Å². The van der Waals surface area contributed by atoms with Crippen molar-refractivity contribution in [3.8, 4) is 0 Å². The highest BCUT2D eigenvalue weighted by Crippen LogP contribution is 2.36. The predicted octanol–water partition coefficient (Wildman–Crippen LogP) is 3.04. The van der Waals surface area contributed by atoms with Crippen molar-refractivity contribution in [2.45, 2.75) is 32.4 Å². The summed E-state index contributed by atoms with van der Waals surface area (Å²) in [4.78, 5) is 2.13. The summed E-state index contributed by atoms with van der Waals surface area (Å²) in [7, 11) is 0. The molecular weight excluding hydrogens is 271 g/mol. The topological polar surface area (TPSA) is 29.3 Å². The zero-order chi connectivity index (χ0) is 11.7. The van der Waals surface area contributed by atoms with E-state index < -0.39 is 0 Å². The van der Waals surface area contributed by atoms with Gasteiger partial charge in [-0.2, -0.15) is 0 Å². The number of nitrogens with zero attached hydrogens (tertiary/aromatic N) is 1. The molecule has 0 atom stereocenters. The molecule has 4 heteroatoms. The van der Waals surface area contributed by atoms with Crippen LogP contribution >= 0.6 is 15.9 Å². The van der Waals surface area contributed by atoms with Crippen LogP contribution in [0.2, 0.25) is 0 Å². The summed E-state index contributed by atoms with van der Waals surface area (Å²) in [6, 6.07) is 4.26. The van der Waals surface area contributed by atoms with Crippen molar-refractivity contribution in [2.75, 3.05) is 11.4 Å². The molecule has 0 saturated heterocycles. The van der Waals surface area contributed by atoms with Crippen LogP contribution in [-0.2, 0) is 6.54 Å². The van der Waals surface area contributed by atoms with Gasteiger partial charge in [0.2, 0.25) is 0 Å². The van der Waals surface area contributed by atoms with E-state index in [0.717, 1.165) is 12.1 Å². The molecule has 0 spiro atoms. The Balaban J connectivity index is 2.37. The van der Waals surface area contributed by atoms with Gasteiger partial charge in [-0.3, -0.25) is 0 Å². The minimum Gasteiger partial charge on any atom is -0.366 e. The Kier molecular flexibility index (Phi) is 3.50. The number of benzene rings is 1. The number of rotatable bonds is 4. The van der Waals surface area contributed by atoms with Crippen LogP contribution in [0.1, 0.15) is 25.3 Å². The van der Waals surface area contributed by atoms with E-state index >= 15 is 0 Å². The van der Waals surface area contributed by atoms with Crippen molar-refractivity contribution in [2.24, 2.45) is 5.73 Å². The molecule has 2 rings (SSSR count). The van der Waals surface area contributed by atoms with Gasteiger partial charge < -0.3 is 10.6 Å². The van der Waals surface area contributed by atoms with Crippen LogP contribution in [0.5, 0.6) is 0 Å². The molecule has 0 bridgehead atoms. The van der Waals surface area contributed by atoms with Gasteiger partial charge in [-0.25, -0.2) is 4.39 Å². The molecule has 0 radical (unpaired) electrons. The number of nitrogens with two attached hydrogens (primary N) is 1. The van der Waals surface area contributed by atoms with Crippen molar-refractivity contribution in [3.05, 3.63) is 28.0 Å². The molecule has 2 N–H and O–H groups in total. The first-order chi connectivity index (χ1) is 7.69. The van der Waals surface area contributed by atoms with Crippen LogP contribution in [0, 0.1) is 5.82 Å².